The van der Waals surface area contributed by atoms with Gasteiger partial charge in [-0.05, 0) is 49.6 Å². The van der Waals surface area contributed by atoms with Gasteiger partial charge in [0.25, 0.3) is 11.8 Å². The number of amides is 3. The Balaban J connectivity index is 1.53. The lowest BCUT2D eigenvalue weighted by Crippen LogP contribution is -2.51. The molecule has 2 fully saturated rings. The van der Waals surface area contributed by atoms with E-state index in [1.165, 1.54) is 17.0 Å². The van der Waals surface area contributed by atoms with Gasteiger partial charge in [-0.25, -0.2) is 0 Å². The molecule has 0 spiro atoms. The number of likely N-dealkylation sites (N-methyl/N-ethyl adjacent to an activating group) is 1. The molecule has 1 saturated heterocycles. The number of halogens is 3. The second-order valence-electron chi connectivity index (χ2n) is 9.01. The van der Waals surface area contributed by atoms with Crippen molar-refractivity contribution in [2.45, 2.75) is 32.4 Å². The molecule has 38 heavy (non-hydrogen) atoms. The molecule has 1 atom stereocenters. The van der Waals surface area contributed by atoms with Crippen LogP contribution in [0.15, 0.2) is 30.3 Å². The van der Waals surface area contributed by atoms with Gasteiger partial charge in [-0.2, -0.15) is 8.78 Å². The number of hydrogen-bond donors (Lipinski definition) is 2. The molecule has 2 heterocycles. The normalized spacial score (nSPS) is 16.6. The maximum absolute atomic E-state index is 13.5. The molecular weight excluding hydrogens is 542 g/mol. The Labute approximate surface area is 228 Å². The minimum Gasteiger partial charge on any atom is -0.433 e. The largest absolute Gasteiger partial charge is 0.433 e. The van der Waals surface area contributed by atoms with Crippen molar-refractivity contribution in [1.29, 1.82) is 0 Å². The summed E-state index contributed by atoms with van der Waals surface area (Å²) in [5, 5.41) is 5.49. The molecule has 1 aliphatic heterocycles. The van der Waals surface area contributed by atoms with E-state index in [2.05, 4.69) is 10.6 Å². The lowest BCUT2D eigenvalue weighted by atomic mass is 10.1. The Morgan fingerprint density at radius 2 is 2.08 bits per heavy atom. The SMILES string of the molecule is CCN(CC1CC1)[C@H](CNC(=O)c1ccc(Cl)s1)C(=O)Nc1ccc(N2CCOCC2=O)cc1OC(F)F. The van der Waals surface area contributed by atoms with E-state index >= 15 is 0 Å². The second kappa shape index (κ2) is 12.8. The molecule has 2 N–H and O–H groups in total. The Bertz CT molecular complexity index is 1160. The maximum atomic E-state index is 13.5. The highest BCUT2D eigenvalue weighted by Gasteiger charge is 2.32. The predicted molar refractivity (Wildman–Crippen MR) is 140 cm³/mol. The van der Waals surface area contributed by atoms with E-state index in [-0.39, 0.29) is 42.9 Å². The third kappa shape index (κ3) is 7.40. The Morgan fingerprint density at radius 3 is 2.71 bits per heavy atom. The van der Waals surface area contributed by atoms with E-state index in [0.29, 0.717) is 40.5 Å². The van der Waals surface area contributed by atoms with Crippen molar-refractivity contribution >= 4 is 52.0 Å². The lowest BCUT2D eigenvalue weighted by molar-refractivity contribution is -0.125. The van der Waals surface area contributed by atoms with Gasteiger partial charge in [0, 0.05) is 31.4 Å². The predicted octanol–water partition coefficient (Wildman–Crippen LogP) is 3.84. The fourth-order valence-electron chi connectivity index (χ4n) is 4.19. The lowest BCUT2D eigenvalue weighted by Gasteiger charge is -2.30. The number of carbonyl (C=O) groups excluding carboxylic acids is 3. The first-order valence-electron chi connectivity index (χ1n) is 12.3. The smallest absolute Gasteiger partial charge is 0.387 e. The molecule has 9 nitrogen and oxygen atoms in total. The molecule has 4 rings (SSSR count). The summed E-state index contributed by atoms with van der Waals surface area (Å²) in [5.74, 6) is -0.946. The molecule has 13 heteroatoms. The summed E-state index contributed by atoms with van der Waals surface area (Å²) in [4.78, 5) is 42.1. The Kier molecular flexibility index (Phi) is 9.53. The maximum Gasteiger partial charge on any atom is 0.387 e. The summed E-state index contributed by atoms with van der Waals surface area (Å²) in [6, 6.07) is 6.73. The van der Waals surface area contributed by atoms with Crippen LogP contribution < -0.4 is 20.3 Å². The molecule has 206 valence electrons. The quantitative estimate of drug-likeness (QED) is 0.402. The molecule has 0 bridgehead atoms. The van der Waals surface area contributed by atoms with Crippen molar-refractivity contribution in [3.63, 3.8) is 0 Å². The van der Waals surface area contributed by atoms with Crippen LogP contribution in [0.25, 0.3) is 0 Å². The first kappa shape index (κ1) is 28.2. The number of hydrogen-bond acceptors (Lipinski definition) is 7. The van der Waals surface area contributed by atoms with Gasteiger partial charge in [0.1, 0.15) is 12.6 Å². The van der Waals surface area contributed by atoms with Crippen LogP contribution in [-0.4, -0.2) is 74.7 Å². The molecule has 1 aromatic carbocycles. The highest BCUT2D eigenvalue weighted by atomic mass is 35.5. The monoisotopic (exact) mass is 570 g/mol. The number of ether oxygens (including phenoxy) is 2. The number of thiophene rings is 1. The van der Waals surface area contributed by atoms with Crippen molar-refractivity contribution in [3.05, 3.63) is 39.5 Å². The van der Waals surface area contributed by atoms with Crippen LogP contribution in [-0.2, 0) is 14.3 Å². The van der Waals surface area contributed by atoms with E-state index in [4.69, 9.17) is 21.1 Å². The minimum absolute atomic E-state index is 0.00610. The van der Waals surface area contributed by atoms with Gasteiger partial charge < -0.3 is 25.0 Å². The highest BCUT2D eigenvalue weighted by molar-refractivity contribution is 7.18. The first-order valence-corrected chi connectivity index (χ1v) is 13.5. The molecule has 0 radical (unpaired) electrons. The summed E-state index contributed by atoms with van der Waals surface area (Å²) in [5.41, 5.74) is 0.387. The third-order valence-corrected chi connectivity index (χ3v) is 7.56. The van der Waals surface area contributed by atoms with Gasteiger partial charge in [0.2, 0.25) is 5.91 Å². The summed E-state index contributed by atoms with van der Waals surface area (Å²) < 4.78 is 36.8. The van der Waals surface area contributed by atoms with E-state index in [1.54, 1.807) is 18.2 Å². The number of morpholine rings is 1. The van der Waals surface area contributed by atoms with Gasteiger partial charge in [-0.3, -0.25) is 19.3 Å². The Morgan fingerprint density at radius 1 is 1.29 bits per heavy atom. The van der Waals surface area contributed by atoms with Crippen LogP contribution in [0.1, 0.15) is 29.4 Å². The highest BCUT2D eigenvalue weighted by Crippen LogP contribution is 2.33. The van der Waals surface area contributed by atoms with Gasteiger partial charge in [-0.1, -0.05) is 18.5 Å². The molecular formula is C25H29ClF2N4O5S. The van der Waals surface area contributed by atoms with E-state index in [9.17, 15) is 23.2 Å². The third-order valence-electron chi connectivity index (χ3n) is 6.33. The van der Waals surface area contributed by atoms with Gasteiger partial charge >= 0.3 is 6.61 Å². The zero-order valence-corrected chi connectivity index (χ0v) is 22.3. The van der Waals surface area contributed by atoms with Crippen molar-refractivity contribution in [2.24, 2.45) is 5.92 Å². The zero-order valence-electron chi connectivity index (χ0n) is 20.8. The van der Waals surface area contributed by atoms with Crippen LogP contribution in [0.2, 0.25) is 4.34 Å². The topological polar surface area (TPSA) is 100 Å². The van der Waals surface area contributed by atoms with Crippen LogP contribution in [0.5, 0.6) is 5.75 Å². The number of alkyl halides is 2. The van der Waals surface area contributed by atoms with Crippen molar-refractivity contribution in [2.75, 3.05) is 49.6 Å². The van der Waals surface area contributed by atoms with Crippen molar-refractivity contribution in [1.82, 2.24) is 10.2 Å². The van der Waals surface area contributed by atoms with Gasteiger partial charge in [0.15, 0.2) is 5.75 Å². The first-order chi connectivity index (χ1) is 18.2. The summed E-state index contributed by atoms with van der Waals surface area (Å²) in [7, 11) is 0. The molecule has 1 aliphatic carbocycles. The Hall–Kier alpha value is -2.80. The standard InChI is InChI=1S/C25H29ClF2N4O5S/c1-2-31(13-15-3-4-15)18(12-29-24(35)20-7-8-21(26)38-20)23(34)30-17-6-5-16(11-19(17)37-25(27)28)32-9-10-36-14-22(32)33/h5-8,11,15,18,25H,2-4,9-10,12-14H2,1H3,(H,29,35)(H,30,34)/t18-/m1/s1. The van der Waals surface area contributed by atoms with Crippen molar-refractivity contribution in [3.8, 4) is 5.75 Å². The average molecular weight is 571 g/mol. The van der Waals surface area contributed by atoms with E-state index in [1.807, 2.05) is 11.8 Å². The molecule has 2 aromatic rings. The molecule has 0 unspecified atom stereocenters. The van der Waals surface area contributed by atoms with Crippen LogP contribution >= 0.6 is 22.9 Å². The minimum atomic E-state index is -3.14. The molecule has 1 saturated carbocycles. The number of nitrogens with one attached hydrogen (secondary N) is 2. The molecule has 3 amide bonds. The number of rotatable bonds is 12. The number of anilines is 2. The fraction of sp³-hybridized carbons (Fsp3) is 0.480. The average Bonchev–Trinajstić information content (AvgIpc) is 3.60. The summed E-state index contributed by atoms with van der Waals surface area (Å²) in [6.45, 7) is 0.478. The van der Waals surface area contributed by atoms with Crippen molar-refractivity contribution < 1.29 is 32.6 Å². The number of carbonyl (C=O) groups is 3. The van der Waals surface area contributed by atoms with E-state index in [0.717, 1.165) is 24.2 Å². The van der Waals surface area contributed by atoms with Crippen LogP contribution in [0.3, 0.4) is 0 Å². The second-order valence-corrected chi connectivity index (χ2v) is 10.7. The van der Waals surface area contributed by atoms with E-state index < -0.39 is 18.6 Å². The van der Waals surface area contributed by atoms with Gasteiger partial charge in [0.05, 0.1) is 21.5 Å². The molecule has 2 aliphatic rings. The number of benzene rings is 1. The number of nitrogens with zero attached hydrogens (tertiary/aromatic N) is 2. The molecule has 1 aromatic heterocycles. The summed E-state index contributed by atoms with van der Waals surface area (Å²) >= 11 is 7.07. The van der Waals surface area contributed by atoms with Gasteiger partial charge in [-0.15, -0.1) is 11.3 Å². The zero-order chi connectivity index (χ0) is 27.2. The van der Waals surface area contributed by atoms with Crippen LogP contribution in [0, 0.1) is 5.92 Å². The van der Waals surface area contributed by atoms with Crippen LogP contribution in [0.4, 0.5) is 20.2 Å². The fourth-order valence-corrected chi connectivity index (χ4v) is 5.15. The summed E-state index contributed by atoms with van der Waals surface area (Å²) in [6.07, 6.45) is 2.14.